The number of rotatable bonds is 5. The minimum atomic E-state index is -0.128. The molecule has 15 heavy (non-hydrogen) atoms. The van der Waals surface area contributed by atoms with Crippen molar-refractivity contribution in [3.05, 3.63) is 11.7 Å². The van der Waals surface area contributed by atoms with Crippen LogP contribution >= 0.6 is 0 Å². The van der Waals surface area contributed by atoms with Crippen LogP contribution in [0.15, 0.2) is 4.52 Å². The van der Waals surface area contributed by atoms with Crippen LogP contribution in [-0.2, 0) is 0 Å². The molecule has 0 spiro atoms. The van der Waals surface area contributed by atoms with Crippen LogP contribution < -0.4 is 5.73 Å². The van der Waals surface area contributed by atoms with Gasteiger partial charge in [0, 0.05) is 5.92 Å². The van der Waals surface area contributed by atoms with Crippen LogP contribution in [0.25, 0.3) is 0 Å². The van der Waals surface area contributed by atoms with Crippen LogP contribution in [0, 0.1) is 5.92 Å². The molecule has 1 rings (SSSR count). The second kappa shape index (κ2) is 5.26. The number of hydrogen-bond donors (Lipinski definition) is 1. The van der Waals surface area contributed by atoms with Gasteiger partial charge in [-0.3, -0.25) is 0 Å². The van der Waals surface area contributed by atoms with Crippen LogP contribution in [0.3, 0.4) is 0 Å². The van der Waals surface area contributed by atoms with Crippen molar-refractivity contribution in [1.82, 2.24) is 10.1 Å². The van der Waals surface area contributed by atoms with E-state index in [9.17, 15) is 0 Å². The van der Waals surface area contributed by atoms with Crippen LogP contribution in [0.5, 0.6) is 0 Å². The average molecular weight is 211 g/mol. The zero-order valence-corrected chi connectivity index (χ0v) is 10.0. The van der Waals surface area contributed by atoms with Gasteiger partial charge in [0.2, 0.25) is 5.89 Å². The van der Waals surface area contributed by atoms with Gasteiger partial charge in [-0.15, -0.1) is 0 Å². The van der Waals surface area contributed by atoms with Gasteiger partial charge in [-0.05, 0) is 18.8 Å². The predicted octanol–water partition coefficient (Wildman–Crippen LogP) is 2.63. The molecular weight excluding hydrogens is 190 g/mol. The minimum Gasteiger partial charge on any atom is -0.339 e. The monoisotopic (exact) mass is 211 g/mol. The van der Waals surface area contributed by atoms with E-state index in [1.54, 1.807) is 0 Å². The molecule has 1 aromatic heterocycles. The average Bonchev–Trinajstić information content (AvgIpc) is 2.67. The molecule has 0 aliphatic heterocycles. The first kappa shape index (κ1) is 12.2. The van der Waals surface area contributed by atoms with E-state index in [-0.39, 0.29) is 6.04 Å². The fourth-order valence-corrected chi connectivity index (χ4v) is 1.48. The zero-order valence-electron chi connectivity index (χ0n) is 10.0. The lowest BCUT2D eigenvalue weighted by molar-refractivity contribution is 0.337. The van der Waals surface area contributed by atoms with Crippen molar-refractivity contribution < 1.29 is 4.52 Å². The Morgan fingerprint density at radius 2 is 1.87 bits per heavy atom. The SMILES string of the molecule is CCC(CC)c1nc(C(N)C(C)C)no1. The summed E-state index contributed by atoms with van der Waals surface area (Å²) in [5, 5.41) is 3.94. The van der Waals surface area contributed by atoms with E-state index < -0.39 is 0 Å². The molecule has 1 atom stereocenters. The van der Waals surface area contributed by atoms with E-state index >= 15 is 0 Å². The predicted molar refractivity (Wildman–Crippen MR) is 59.4 cm³/mol. The third-order valence-corrected chi connectivity index (χ3v) is 2.81. The second-order valence-electron chi connectivity index (χ2n) is 4.27. The molecule has 0 saturated carbocycles. The molecule has 1 heterocycles. The van der Waals surface area contributed by atoms with Crippen LogP contribution in [0.4, 0.5) is 0 Å². The number of nitrogens with zero attached hydrogens (tertiary/aromatic N) is 2. The van der Waals surface area contributed by atoms with Crippen LogP contribution in [0.2, 0.25) is 0 Å². The van der Waals surface area contributed by atoms with E-state index in [4.69, 9.17) is 10.3 Å². The largest absolute Gasteiger partial charge is 0.339 e. The smallest absolute Gasteiger partial charge is 0.229 e. The Hall–Kier alpha value is -0.900. The van der Waals surface area contributed by atoms with Crippen molar-refractivity contribution in [3.63, 3.8) is 0 Å². The summed E-state index contributed by atoms with van der Waals surface area (Å²) in [4.78, 5) is 4.37. The maximum absolute atomic E-state index is 5.95. The topological polar surface area (TPSA) is 64.9 Å². The lowest BCUT2D eigenvalue weighted by Crippen LogP contribution is -2.18. The highest BCUT2D eigenvalue weighted by atomic mass is 16.5. The highest BCUT2D eigenvalue weighted by molar-refractivity contribution is 4.98. The number of nitrogens with two attached hydrogens (primary N) is 1. The molecule has 86 valence electrons. The molecule has 4 nitrogen and oxygen atoms in total. The van der Waals surface area contributed by atoms with Gasteiger partial charge in [0.1, 0.15) is 0 Å². The minimum absolute atomic E-state index is 0.128. The molecule has 0 radical (unpaired) electrons. The lowest BCUT2D eigenvalue weighted by Gasteiger charge is -2.10. The zero-order chi connectivity index (χ0) is 11.4. The Kier molecular flexibility index (Phi) is 4.27. The first-order chi connectivity index (χ1) is 7.10. The molecule has 2 N–H and O–H groups in total. The molecule has 0 aliphatic rings. The van der Waals surface area contributed by atoms with Gasteiger partial charge in [0.15, 0.2) is 5.82 Å². The third-order valence-electron chi connectivity index (χ3n) is 2.81. The summed E-state index contributed by atoms with van der Waals surface area (Å²) >= 11 is 0. The maximum atomic E-state index is 5.95. The summed E-state index contributed by atoms with van der Waals surface area (Å²) in [5.74, 6) is 2.06. The molecule has 0 bridgehead atoms. The summed E-state index contributed by atoms with van der Waals surface area (Å²) in [5.41, 5.74) is 5.95. The lowest BCUT2D eigenvalue weighted by atomic mass is 10.0. The van der Waals surface area contributed by atoms with E-state index in [0.717, 1.165) is 18.7 Å². The van der Waals surface area contributed by atoms with E-state index in [0.29, 0.717) is 17.7 Å². The molecule has 0 saturated heterocycles. The molecule has 0 fully saturated rings. The van der Waals surface area contributed by atoms with Crippen molar-refractivity contribution >= 4 is 0 Å². The number of hydrogen-bond acceptors (Lipinski definition) is 4. The fraction of sp³-hybridized carbons (Fsp3) is 0.818. The molecule has 0 amide bonds. The van der Waals surface area contributed by atoms with E-state index in [2.05, 4.69) is 37.8 Å². The summed E-state index contributed by atoms with van der Waals surface area (Å²) in [6.07, 6.45) is 2.05. The Morgan fingerprint density at radius 3 is 2.33 bits per heavy atom. The van der Waals surface area contributed by atoms with E-state index in [1.807, 2.05) is 0 Å². The highest BCUT2D eigenvalue weighted by Crippen LogP contribution is 2.23. The molecule has 1 unspecified atom stereocenters. The summed E-state index contributed by atoms with van der Waals surface area (Å²) in [6, 6.07) is -0.128. The Bertz CT molecular complexity index is 275. The van der Waals surface area contributed by atoms with Gasteiger partial charge >= 0.3 is 0 Å². The summed E-state index contributed by atoms with van der Waals surface area (Å²) < 4.78 is 5.24. The fourth-order valence-electron chi connectivity index (χ4n) is 1.48. The Balaban J connectivity index is 2.79. The van der Waals surface area contributed by atoms with Gasteiger partial charge in [-0.25, -0.2) is 0 Å². The second-order valence-corrected chi connectivity index (χ2v) is 4.27. The molecule has 0 aliphatic carbocycles. The van der Waals surface area contributed by atoms with Crippen LogP contribution in [-0.4, -0.2) is 10.1 Å². The molecule has 1 aromatic rings. The van der Waals surface area contributed by atoms with Crippen molar-refractivity contribution in [2.75, 3.05) is 0 Å². The Morgan fingerprint density at radius 1 is 1.27 bits per heavy atom. The standard InChI is InChI=1S/C11H21N3O/c1-5-8(6-2)11-13-10(14-15-11)9(12)7(3)4/h7-9H,5-6,12H2,1-4H3. The first-order valence-corrected chi connectivity index (χ1v) is 5.69. The summed E-state index contributed by atoms with van der Waals surface area (Å²) in [7, 11) is 0. The molecule has 4 heteroatoms. The molecular formula is C11H21N3O. The van der Waals surface area contributed by atoms with Crippen molar-refractivity contribution in [2.45, 2.75) is 52.5 Å². The Labute approximate surface area is 91.2 Å². The van der Waals surface area contributed by atoms with Crippen LogP contribution in [0.1, 0.15) is 64.2 Å². The van der Waals surface area contributed by atoms with Crippen molar-refractivity contribution in [3.8, 4) is 0 Å². The molecule has 0 aromatic carbocycles. The first-order valence-electron chi connectivity index (χ1n) is 5.69. The quantitative estimate of drug-likeness (QED) is 0.813. The number of aromatic nitrogens is 2. The van der Waals surface area contributed by atoms with Gasteiger partial charge in [-0.1, -0.05) is 32.9 Å². The maximum Gasteiger partial charge on any atom is 0.229 e. The van der Waals surface area contributed by atoms with Crippen molar-refractivity contribution in [2.24, 2.45) is 11.7 Å². The van der Waals surface area contributed by atoms with E-state index in [1.165, 1.54) is 0 Å². The normalized spacial score (nSPS) is 13.8. The third kappa shape index (κ3) is 2.78. The van der Waals surface area contributed by atoms with Gasteiger partial charge in [-0.2, -0.15) is 4.98 Å². The summed E-state index contributed by atoms with van der Waals surface area (Å²) in [6.45, 7) is 8.36. The van der Waals surface area contributed by atoms with Gasteiger partial charge in [0.25, 0.3) is 0 Å². The van der Waals surface area contributed by atoms with Gasteiger partial charge < -0.3 is 10.3 Å². The van der Waals surface area contributed by atoms with Crippen molar-refractivity contribution in [1.29, 1.82) is 0 Å². The highest BCUT2D eigenvalue weighted by Gasteiger charge is 2.20. The van der Waals surface area contributed by atoms with Gasteiger partial charge in [0.05, 0.1) is 6.04 Å².